The van der Waals surface area contributed by atoms with Crippen LogP contribution in [0.1, 0.15) is 52.5 Å². The largest absolute Gasteiger partial charge is 0.476 e. The Hall–Kier alpha value is -3.89. The Bertz CT molecular complexity index is 1330. The molecule has 0 bridgehead atoms. The summed E-state index contributed by atoms with van der Waals surface area (Å²) in [7, 11) is 0. The molecule has 1 amide bonds. The molecule has 2 aliphatic rings. The van der Waals surface area contributed by atoms with E-state index in [0.717, 1.165) is 18.9 Å². The highest BCUT2D eigenvalue weighted by atomic mass is 19.1. The van der Waals surface area contributed by atoms with Gasteiger partial charge in [0.05, 0.1) is 30.9 Å². The smallest absolute Gasteiger partial charge is 0.272 e. The average Bonchev–Trinajstić information content (AvgIpc) is 3.49. The fraction of sp³-hybridized carbons (Fsp3) is 0.333. The van der Waals surface area contributed by atoms with Gasteiger partial charge < -0.3 is 24.4 Å². The van der Waals surface area contributed by atoms with Crippen LogP contribution in [-0.2, 0) is 4.74 Å². The molecule has 1 saturated carbocycles. The summed E-state index contributed by atoms with van der Waals surface area (Å²) in [5.41, 5.74) is 1.37. The van der Waals surface area contributed by atoms with Gasteiger partial charge in [0.1, 0.15) is 11.6 Å². The highest BCUT2D eigenvalue weighted by Crippen LogP contribution is 2.34. The first-order chi connectivity index (χ1) is 17.8. The molecule has 9 nitrogen and oxygen atoms in total. The van der Waals surface area contributed by atoms with E-state index in [4.69, 9.17) is 14.0 Å². The van der Waals surface area contributed by atoms with Crippen molar-refractivity contribution in [2.75, 3.05) is 13.2 Å². The van der Waals surface area contributed by atoms with Gasteiger partial charge in [-0.2, -0.15) is 4.98 Å². The van der Waals surface area contributed by atoms with Crippen molar-refractivity contribution in [3.8, 4) is 17.1 Å². The van der Waals surface area contributed by atoms with Gasteiger partial charge in [0.15, 0.2) is 11.9 Å². The Balaban J connectivity index is 1.29. The van der Waals surface area contributed by atoms with E-state index in [0.29, 0.717) is 22.4 Å². The number of hydrogen-bond donors (Lipinski definition) is 2. The number of halogens is 1. The molecule has 3 aromatic rings. The predicted molar refractivity (Wildman–Crippen MR) is 129 cm³/mol. The first-order valence-corrected chi connectivity index (χ1v) is 12.0. The van der Waals surface area contributed by atoms with Gasteiger partial charge in [-0.1, -0.05) is 17.8 Å². The second-order valence-electron chi connectivity index (χ2n) is 9.34. The molecule has 1 aromatic heterocycles. The van der Waals surface area contributed by atoms with E-state index in [1.165, 1.54) is 12.1 Å². The summed E-state index contributed by atoms with van der Waals surface area (Å²) in [6.45, 7) is 5.97. The van der Waals surface area contributed by atoms with Gasteiger partial charge in [0, 0.05) is 17.0 Å². The maximum atomic E-state index is 14.8. The number of nitrogens with zero attached hydrogens (tertiary/aromatic N) is 2. The molecule has 192 valence electrons. The number of Topliss-reactive ketones (excluding diaryl/α,β-unsaturated/α-hetero) is 1. The third kappa shape index (κ3) is 5.45. The Kier molecular flexibility index (Phi) is 6.86. The number of aromatic nitrogens is 2. The molecule has 2 heterocycles. The number of hydrogen-bond acceptors (Lipinski definition) is 8. The molecule has 0 radical (unpaired) electrons. The van der Waals surface area contributed by atoms with Gasteiger partial charge in [-0.15, -0.1) is 0 Å². The third-order valence-corrected chi connectivity index (χ3v) is 6.29. The van der Waals surface area contributed by atoms with Crippen LogP contribution in [0.4, 0.5) is 4.39 Å². The molecule has 37 heavy (non-hydrogen) atoms. The molecule has 2 N–H and O–H groups in total. The zero-order valence-electron chi connectivity index (χ0n) is 20.1. The summed E-state index contributed by atoms with van der Waals surface area (Å²) < 4.78 is 31.3. The average molecular weight is 508 g/mol. The van der Waals surface area contributed by atoms with E-state index >= 15 is 0 Å². The number of benzene rings is 2. The molecule has 0 unspecified atom stereocenters. The number of ether oxygens (including phenoxy) is 2. The number of aliphatic hydroxyl groups is 1. The van der Waals surface area contributed by atoms with Gasteiger partial charge in [0.2, 0.25) is 5.82 Å². The van der Waals surface area contributed by atoms with Crippen molar-refractivity contribution < 1.29 is 33.1 Å². The van der Waals surface area contributed by atoms with Crippen molar-refractivity contribution in [2.24, 2.45) is 5.92 Å². The molecule has 1 aliphatic heterocycles. The zero-order chi connectivity index (χ0) is 26.1. The quantitative estimate of drug-likeness (QED) is 0.332. The lowest BCUT2D eigenvalue weighted by Crippen LogP contribution is -2.42. The van der Waals surface area contributed by atoms with Gasteiger partial charge in [-0.3, -0.25) is 9.59 Å². The highest BCUT2D eigenvalue weighted by molar-refractivity contribution is 5.99. The van der Waals surface area contributed by atoms with E-state index < -0.39 is 30.0 Å². The molecule has 5 rings (SSSR count). The van der Waals surface area contributed by atoms with Crippen molar-refractivity contribution in [3.05, 3.63) is 77.5 Å². The van der Waals surface area contributed by atoms with Crippen LogP contribution in [0, 0.1) is 11.7 Å². The summed E-state index contributed by atoms with van der Waals surface area (Å²) >= 11 is 0. The number of nitrogens with one attached hydrogen (secondary N) is 1. The SMILES string of the molecule is C=C(C)[C@@H](Oc1ccc(C(=O)C2CC2)cc1)c1nc(-c2ccc(C(=O)N[C@H]3COC[C@H]3O)c(F)c2)no1. The van der Waals surface area contributed by atoms with Gasteiger partial charge in [-0.25, -0.2) is 4.39 Å². The molecule has 0 spiro atoms. The summed E-state index contributed by atoms with van der Waals surface area (Å²) in [4.78, 5) is 29.0. The minimum Gasteiger partial charge on any atom is -0.476 e. The van der Waals surface area contributed by atoms with E-state index in [2.05, 4.69) is 22.0 Å². The van der Waals surface area contributed by atoms with Crippen LogP contribution < -0.4 is 10.1 Å². The van der Waals surface area contributed by atoms with Crippen molar-refractivity contribution in [2.45, 2.75) is 38.0 Å². The minimum atomic E-state index is -0.837. The van der Waals surface area contributed by atoms with Crippen LogP contribution in [0.25, 0.3) is 11.4 Å². The number of carbonyl (C=O) groups is 2. The molecular weight excluding hydrogens is 481 g/mol. The fourth-order valence-electron chi connectivity index (χ4n) is 4.00. The van der Waals surface area contributed by atoms with Crippen LogP contribution in [0.15, 0.2) is 59.1 Å². The predicted octanol–water partition coefficient (Wildman–Crippen LogP) is 3.65. The van der Waals surface area contributed by atoms with Gasteiger partial charge in [-0.05, 0) is 61.7 Å². The number of carbonyl (C=O) groups excluding carboxylic acids is 2. The lowest BCUT2D eigenvalue weighted by Gasteiger charge is -2.15. The molecule has 2 aromatic carbocycles. The van der Waals surface area contributed by atoms with Crippen LogP contribution in [0.2, 0.25) is 0 Å². The second kappa shape index (κ2) is 10.2. The van der Waals surface area contributed by atoms with Gasteiger partial charge in [0.25, 0.3) is 11.8 Å². The Morgan fingerprint density at radius 1 is 1.19 bits per heavy atom. The lowest BCUT2D eigenvalue weighted by atomic mass is 10.1. The standard InChI is InChI=1S/C27H26FN3O6/c1-14(2)24(36-18-8-5-16(6-9-18)23(33)15-3-4-15)27-30-25(31-37-27)17-7-10-19(20(28)11-17)26(34)29-21-12-35-13-22(21)32/h5-11,15,21-22,24,32H,1,3-4,12-13H2,2H3,(H,29,34)/t21-,22+,24+/m0/s1. The molecule has 3 atom stereocenters. The maximum Gasteiger partial charge on any atom is 0.272 e. The Morgan fingerprint density at radius 3 is 2.57 bits per heavy atom. The van der Waals surface area contributed by atoms with E-state index in [9.17, 15) is 19.1 Å². The van der Waals surface area contributed by atoms with Crippen molar-refractivity contribution in [1.82, 2.24) is 15.5 Å². The van der Waals surface area contributed by atoms with Crippen molar-refractivity contribution in [3.63, 3.8) is 0 Å². The summed E-state index contributed by atoms with van der Waals surface area (Å²) in [5, 5.41) is 16.3. The van der Waals surface area contributed by atoms with Crippen LogP contribution in [0.3, 0.4) is 0 Å². The summed E-state index contributed by atoms with van der Waals surface area (Å²) in [6.07, 6.45) is 0.277. The molecule has 10 heteroatoms. The fourth-order valence-corrected chi connectivity index (χ4v) is 4.00. The summed E-state index contributed by atoms with van der Waals surface area (Å²) in [5.74, 6) is -0.422. The monoisotopic (exact) mass is 507 g/mol. The van der Waals surface area contributed by atoms with E-state index in [1.807, 2.05) is 0 Å². The second-order valence-corrected chi connectivity index (χ2v) is 9.34. The Labute approximate surface area is 212 Å². The van der Waals surface area contributed by atoms with E-state index in [-0.39, 0.29) is 42.2 Å². The number of ketones is 1. The summed E-state index contributed by atoms with van der Waals surface area (Å²) in [6, 6.07) is 10.2. The number of rotatable bonds is 9. The molecule has 2 fully saturated rings. The van der Waals surface area contributed by atoms with Crippen molar-refractivity contribution in [1.29, 1.82) is 0 Å². The molecular formula is C27H26FN3O6. The van der Waals surface area contributed by atoms with Crippen LogP contribution in [-0.4, -0.2) is 52.3 Å². The lowest BCUT2D eigenvalue weighted by molar-refractivity contribution is 0.0882. The first-order valence-electron chi connectivity index (χ1n) is 12.0. The number of aliphatic hydroxyl groups excluding tert-OH is 1. The highest BCUT2D eigenvalue weighted by Gasteiger charge is 2.31. The van der Waals surface area contributed by atoms with Crippen molar-refractivity contribution >= 4 is 11.7 Å². The maximum absolute atomic E-state index is 14.8. The van der Waals surface area contributed by atoms with Gasteiger partial charge >= 0.3 is 0 Å². The van der Waals surface area contributed by atoms with E-state index in [1.54, 1.807) is 31.2 Å². The topological polar surface area (TPSA) is 124 Å². The number of amides is 1. The Morgan fingerprint density at radius 2 is 1.95 bits per heavy atom. The van der Waals surface area contributed by atoms with Crippen LogP contribution >= 0.6 is 0 Å². The third-order valence-electron chi connectivity index (χ3n) is 6.29. The normalized spacial score (nSPS) is 19.9. The van der Waals surface area contributed by atoms with Crippen LogP contribution in [0.5, 0.6) is 5.75 Å². The first kappa shape index (κ1) is 24.8. The zero-order valence-corrected chi connectivity index (χ0v) is 20.1. The molecule has 1 saturated heterocycles. The minimum absolute atomic E-state index is 0.112. The molecule has 1 aliphatic carbocycles.